The smallest absolute Gasteiger partial charge is 0.134 e. The zero-order chi connectivity index (χ0) is 27.8. The fourth-order valence-electron chi connectivity index (χ4n) is 5.93. The van der Waals surface area contributed by atoms with Crippen molar-refractivity contribution in [3.63, 3.8) is 0 Å². The van der Waals surface area contributed by atoms with Gasteiger partial charge in [0.2, 0.25) is 0 Å². The molecule has 0 saturated heterocycles. The molecule has 1 N–H and O–H groups in total. The highest BCUT2D eigenvalue weighted by Gasteiger charge is 2.26. The molecular weight excluding hydrogens is 496 g/mol. The number of benzene rings is 3. The van der Waals surface area contributed by atoms with Gasteiger partial charge >= 0.3 is 0 Å². The third-order valence-electron chi connectivity index (χ3n) is 7.70. The normalized spacial score (nSPS) is 12.6. The van der Waals surface area contributed by atoms with Crippen LogP contribution in [0, 0.1) is 20.8 Å². The van der Waals surface area contributed by atoms with Gasteiger partial charge in [-0.15, -0.1) is 11.3 Å². The van der Waals surface area contributed by atoms with Gasteiger partial charge in [-0.3, -0.25) is 0 Å². The molecule has 0 bridgehead atoms. The molecule has 0 amide bonds. The second-order valence-electron chi connectivity index (χ2n) is 11.3. The summed E-state index contributed by atoms with van der Waals surface area (Å²) in [4.78, 5) is 5.33. The number of aromatic nitrogens is 1. The Kier molecular flexibility index (Phi) is 7.68. The van der Waals surface area contributed by atoms with Gasteiger partial charge in [-0.25, -0.2) is 4.98 Å². The van der Waals surface area contributed by atoms with Crippen molar-refractivity contribution in [3.05, 3.63) is 104 Å². The molecule has 5 rings (SSSR count). The Morgan fingerprint density at radius 2 is 1.51 bits per heavy atom. The highest BCUT2D eigenvalue weighted by Crippen LogP contribution is 2.42. The molecule has 3 aromatic carbocycles. The van der Waals surface area contributed by atoms with Crippen LogP contribution in [0.15, 0.2) is 64.4 Å². The Labute approximate surface area is 237 Å². The average Bonchev–Trinajstić information content (AvgIpc) is 3.51. The average molecular weight is 537 g/mol. The molecule has 4 heteroatoms. The molecule has 5 aromatic rings. The van der Waals surface area contributed by atoms with Crippen molar-refractivity contribution in [1.29, 1.82) is 0 Å². The maximum atomic E-state index is 6.24. The van der Waals surface area contributed by atoms with E-state index in [0.29, 0.717) is 11.8 Å². The van der Waals surface area contributed by atoms with Crippen LogP contribution in [0.1, 0.15) is 96.6 Å². The number of hydrogen-bond acceptors (Lipinski definition) is 4. The number of rotatable bonds is 8. The highest BCUT2D eigenvalue weighted by molar-refractivity contribution is 7.10. The van der Waals surface area contributed by atoms with Crippen LogP contribution < -0.4 is 5.32 Å². The lowest BCUT2D eigenvalue weighted by molar-refractivity contribution is 0.558. The molecule has 1 unspecified atom stereocenters. The highest BCUT2D eigenvalue weighted by atomic mass is 32.1. The van der Waals surface area contributed by atoms with E-state index in [4.69, 9.17) is 9.40 Å². The van der Waals surface area contributed by atoms with Crippen molar-refractivity contribution in [2.75, 3.05) is 5.32 Å². The number of hydrogen-bond donors (Lipinski definition) is 1. The van der Waals surface area contributed by atoms with Crippen molar-refractivity contribution < 1.29 is 4.42 Å². The van der Waals surface area contributed by atoms with Crippen LogP contribution in [0.3, 0.4) is 0 Å². The summed E-state index contributed by atoms with van der Waals surface area (Å²) in [6, 6.07) is 19.6. The van der Waals surface area contributed by atoms with Gasteiger partial charge in [-0.05, 0) is 66.5 Å². The molecular formula is C35H40N2OS. The summed E-state index contributed by atoms with van der Waals surface area (Å²) in [6.45, 7) is 17.9. The van der Waals surface area contributed by atoms with Gasteiger partial charge in [0.15, 0.2) is 0 Å². The summed E-state index contributed by atoms with van der Waals surface area (Å²) >= 11 is 1.73. The van der Waals surface area contributed by atoms with Crippen LogP contribution in [0.5, 0.6) is 0 Å². The van der Waals surface area contributed by atoms with E-state index < -0.39 is 0 Å². The minimum Gasteiger partial charge on any atom is -0.460 e. The van der Waals surface area contributed by atoms with Gasteiger partial charge in [0, 0.05) is 22.9 Å². The quantitative estimate of drug-likeness (QED) is 0.214. The zero-order valence-electron chi connectivity index (χ0n) is 24.5. The van der Waals surface area contributed by atoms with Gasteiger partial charge in [0.1, 0.15) is 22.4 Å². The molecule has 0 spiro atoms. The van der Waals surface area contributed by atoms with Crippen molar-refractivity contribution >= 4 is 28.0 Å². The Balaban J connectivity index is 1.70. The van der Waals surface area contributed by atoms with Gasteiger partial charge in [-0.2, -0.15) is 0 Å². The summed E-state index contributed by atoms with van der Waals surface area (Å²) in [7, 11) is 0. The first-order valence-electron chi connectivity index (χ1n) is 14.1. The summed E-state index contributed by atoms with van der Waals surface area (Å²) in [5.74, 6) is 1.80. The molecule has 1 atom stereocenters. The molecule has 2 heterocycles. The molecule has 0 fully saturated rings. The van der Waals surface area contributed by atoms with Gasteiger partial charge in [0.25, 0.3) is 0 Å². The summed E-state index contributed by atoms with van der Waals surface area (Å²) in [5.41, 5.74) is 12.1. The van der Waals surface area contributed by atoms with E-state index in [2.05, 4.69) is 109 Å². The van der Waals surface area contributed by atoms with Crippen LogP contribution in [-0.2, 0) is 6.42 Å². The van der Waals surface area contributed by atoms with Crippen molar-refractivity contribution in [3.8, 4) is 11.3 Å². The SMILES string of the molecule is CCc1oc2ccccc2c1-c1csc(C(Nc2c(C(C)C)cccc2C(C)C)c2c(C)cc(C)cc2C)n1. The number of furan rings is 1. The van der Waals surface area contributed by atoms with Crippen LogP contribution in [0.25, 0.3) is 22.2 Å². The molecule has 3 nitrogen and oxygen atoms in total. The number of aryl methyl sites for hydroxylation is 4. The van der Waals surface area contributed by atoms with Gasteiger partial charge in [-0.1, -0.05) is 88.7 Å². The maximum absolute atomic E-state index is 6.24. The van der Waals surface area contributed by atoms with E-state index >= 15 is 0 Å². The third-order valence-corrected chi connectivity index (χ3v) is 8.61. The summed E-state index contributed by atoms with van der Waals surface area (Å²) < 4.78 is 6.24. The first-order valence-corrected chi connectivity index (χ1v) is 15.0. The predicted molar refractivity (Wildman–Crippen MR) is 167 cm³/mol. The number of thiazole rings is 1. The lowest BCUT2D eigenvalue weighted by Gasteiger charge is -2.28. The van der Waals surface area contributed by atoms with E-state index in [1.165, 1.54) is 39.1 Å². The van der Waals surface area contributed by atoms with Crippen molar-refractivity contribution in [2.45, 2.75) is 79.7 Å². The summed E-state index contributed by atoms with van der Waals surface area (Å²) in [5, 5.41) is 8.47. The Hall–Kier alpha value is -3.37. The number of fused-ring (bicyclic) bond motifs is 1. The van der Waals surface area contributed by atoms with Crippen molar-refractivity contribution in [2.24, 2.45) is 0 Å². The molecule has 202 valence electrons. The molecule has 0 saturated carbocycles. The number of anilines is 1. The zero-order valence-corrected chi connectivity index (χ0v) is 25.3. The predicted octanol–water partition coefficient (Wildman–Crippen LogP) is 10.5. The summed E-state index contributed by atoms with van der Waals surface area (Å²) in [6.07, 6.45) is 0.828. The lowest BCUT2D eigenvalue weighted by Crippen LogP contribution is -2.18. The molecule has 0 aliphatic rings. The standard InChI is InChI=1S/C35H40N2OS/c1-9-29-32(27-13-10-11-16-30(27)38-29)28-19-39-35(36-28)34(31-23(7)17-22(6)18-24(31)8)37-33-25(20(2)3)14-12-15-26(33)21(4)5/h10-21,34,37H,9H2,1-8H3. The first kappa shape index (κ1) is 27.2. The van der Waals surface area contributed by atoms with E-state index in [1.807, 2.05) is 12.1 Å². The largest absolute Gasteiger partial charge is 0.460 e. The fourth-order valence-corrected chi connectivity index (χ4v) is 6.79. The number of para-hydroxylation sites is 2. The molecule has 0 aliphatic carbocycles. The fraction of sp³-hybridized carbons (Fsp3) is 0.343. The monoisotopic (exact) mass is 536 g/mol. The third kappa shape index (κ3) is 5.15. The molecule has 0 radical (unpaired) electrons. The topological polar surface area (TPSA) is 38.1 Å². The number of nitrogens with zero attached hydrogens (tertiary/aromatic N) is 1. The lowest BCUT2D eigenvalue weighted by atomic mass is 9.90. The van der Waals surface area contributed by atoms with Gasteiger partial charge < -0.3 is 9.73 Å². The van der Waals surface area contributed by atoms with E-state index in [-0.39, 0.29) is 6.04 Å². The molecule has 0 aliphatic heterocycles. The van der Waals surface area contributed by atoms with Crippen molar-refractivity contribution in [1.82, 2.24) is 4.98 Å². The Morgan fingerprint density at radius 3 is 2.13 bits per heavy atom. The van der Waals surface area contributed by atoms with Gasteiger partial charge in [0.05, 0.1) is 11.3 Å². The van der Waals surface area contributed by atoms with Crippen LogP contribution in [0.2, 0.25) is 0 Å². The van der Waals surface area contributed by atoms with E-state index in [1.54, 1.807) is 11.3 Å². The second-order valence-corrected chi connectivity index (χ2v) is 12.2. The molecule has 39 heavy (non-hydrogen) atoms. The van der Waals surface area contributed by atoms with E-state index in [0.717, 1.165) is 39.4 Å². The van der Waals surface area contributed by atoms with Crippen LogP contribution in [-0.4, -0.2) is 4.98 Å². The Morgan fingerprint density at radius 1 is 0.872 bits per heavy atom. The first-order chi connectivity index (χ1) is 18.7. The minimum absolute atomic E-state index is 0.0648. The minimum atomic E-state index is -0.0648. The number of nitrogens with one attached hydrogen (secondary N) is 1. The molecule has 2 aromatic heterocycles. The van der Waals surface area contributed by atoms with Crippen LogP contribution >= 0.6 is 11.3 Å². The van der Waals surface area contributed by atoms with Crippen LogP contribution in [0.4, 0.5) is 5.69 Å². The second kappa shape index (κ2) is 11.0. The van der Waals surface area contributed by atoms with E-state index in [9.17, 15) is 0 Å². The maximum Gasteiger partial charge on any atom is 0.134 e. The Bertz CT molecular complexity index is 1570.